The van der Waals surface area contributed by atoms with Crippen molar-refractivity contribution in [1.82, 2.24) is 0 Å². The molecule has 0 fully saturated rings. The van der Waals surface area contributed by atoms with Gasteiger partial charge in [0.2, 0.25) is 0 Å². The van der Waals surface area contributed by atoms with Gasteiger partial charge in [0.15, 0.2) is 0 Å². The molecule has 0 radical (unpaired) electrons. The molecule has 0 bridgehead atoms. The van der Waals surface area contributed by atoms with E-state index in [-0.39, 0.29) is 5.97 Å². The standard InChI is InChI=1S/C10H18O3/c1-4-6-7-9(12-3)8-10(11)13-5-2/h8H,4-7H2,1-3H3/b9-8+. The largest absolute Gasteiger partial charge is 0.501 e. The van der Waals surface area contributed by atoms with Crippen molar-refractivity contribution < 1.29 is 14.3 Å². The van der Waals surface area contributed by atoms with E-state index in [9.17, 15) is 4.79 Å². The van der Waals surface area contributed by atoms with E-state index in [1.807, 2.05) is 0 Å². The van der Waals surface area contributed by atoms with Crippen LogP contribution in [0.1, 0.15) is 33.1 Å². The van der Waals surface area contributed by atoms with Crippen LogP contribution in [-0.2, 0) is 14.3 Å². The molecule has 0 saturated heterocycles. The lowest BCUT2D eigenvalue weighted by molar-refractivity contribution is -0.137. The zero-order valence-corrected chi connectivity index (χ0v) is 8.63. The average Bonchev–Trinajstić information content (AvgIpc) is 2.12. The zero-order chi connectivity index (χ0) is 10.1. The van der Waals surface area contributed by atoms with Gasteiger partial charge in [0.05, 0.1) is 19.8 Å². The van der Waals surface area contributed by atoms with Gasteiger partial charge < -0.3 is 9.47 Å². The van der Waals surface area contributed by atoms with Crippen molar-refractivity contribution in [2.75, 3.05) is 13.7 Å². The van der Waals surface area contributed by atoms with Gasteiger partial charge in [0, 0.05) is 6.42 Å². The van der Waals surface area contributed by atoms with Crippen LogP contribution in [0.5, 0.6) is 0 Å². The van der Waals surface area contributed by atoms with Crippen molar-refractivity contribution in [3.05, 3.63) is 11.8 Å². The second kappa shape index (κ2) is 7.65. The molecular weight excluding hydrogens is 168 g/mol. The fourth-order valence-corrected chi connectivity index (χ4v) is 0.900. The Morgan fingerprint density at radius 1 is 1.38 bits per heavy atom. The zero-order valence-electron chi connectivity index (χ0n) is 8.63. The monoisotopic (exact) mass is 186 g/mol. The molecule has 0 aliphatic rings. The lowest BCUT2D eigenvalue weighted by Gasteiger charge is -2.04. The second-order valence-electron chi connectivity index (χ2n) is 2.67. The van der Waals surface area contributed by atoms with Crippen molar-refractivity contribution in [3.8, 4) is 0 Å². The first-order valence-corrected chi connectivity index (χ1v) is 4.65. The van der Waals surface area contributed by atoms with E-state index < -0.39 is 0 Å². The summed E-state index contributed by atoms with van der Waals surface area (Å²) >= 11 is 0. The first-order chi connectivity index (χ1) is 6.24. The molecule has 76 valence electrons. The summed E-state index contributed by atoms with van der Waals surface area (Å²) in [6, 6.07) is 0. The highest BCUT2D eigenvalue weighted by atomic mass is 16.5. The summed E-state index contributed by atoms with van der Waals surface area (Å²) in [4.78, 5) is 11.0. The predicted octanol–water partition coefficient (Wildman–Crippen LogP) is 2.27. The molecule has 0 saturated carbocycles. The number of methoxy groups -OCH3 is 1. The van der Waals surface area contributed by atoms with Gasteiger partial charge >= 0.3 is 5.97 Å². The van der Waals surface area contributed by atoms with Gasteiger partial charge in [-0.25, -0.2) is 4.79 Å². The van der Waals surface area contributed by atoms with Gasteiger partial charge in [0.1, 0.15) is 5.76 Å². The maximum Gasteiger partial charge on any atom is 0.334 e. The van der Waals surface area contributed by atoms with Crippen LogP contribution >= 0.6 is 0 Å². The first kappa shape index (κ1) is 12.0. The van der Waals surface area contributed by atoms with Crippen molar-refractivity contribution in [2.45, 2.75) is 33.1 Å². The Morgan fingerprint density at radius 2 is 2.08 bits per heavy atom. The molecule has 0 atom stereocenters. The van der Waals surface area contributed by atoms with Crippen molar-refractivity contribution >= 4 is 5.97 Å². The minimum absolute atomic E-state index is 0.324. The normalized spacial score (nSPS) is 11.2. The van der Waals surface area contributed by atoms with Gasteiger partial charge in [-0.2, -0.15) is 0 Å². The van der Waals surface area contributed by atoms with Crippen LogP contribution in [0.25, 0.3) is 0 Å². The molecule has 0 aromatic rings. The summed E-state index contributed by atoms with van der Waals surface area (Å²) in [5.41, 5.74) is 0. The van der Waals surface area contributed by atoms with E-state index in [2.05, 4.69) is 6.92 Å². The van der Waals surface area contributed by atoms with Crippen LogP contribution in [0.3, 0.4) is 0 Å². The van der Waals surface area contributed by atoms with Crippen LogP contribution in [0.4, 0.5) is 0 Å². The predicted molar refractivity (Wildman–Crippen MR) is 51.3 cm³/mol. The molecule has 0 aromatic heterocycles. The maximum atomic E-state index is 11.0. The summed E-state index contributed by atoms with van der Waals surface area (Å²) in [5, 5.41) is 0. The number of rotatable bonds is 6. The van der Waals surface area contributed by atoms with Gasteiger partial charge in [0.25, 0.3) is 0 Å². The number of carbonyl (C=O) groups is 1. The van der Waals surface area contributed by atoms with Crippen molar-refractivity contribution in [3.63, 3.8) is 0 Å². The minimum atomic E-state index is -0.324. The van der Waals surface area contributed by atoms with E-state index in [1.54, 1.807) is 14.0 Å². The molecule has 0 unspecified atom stereocenters. The van der Waals surface area contributed by atoms with Crippen LogP contribution in [-0.4, -0.2) is 19.7 Å². The molecule has 0 rings (SSSR count). The van der Waals surface area contributed by atoms with Crippen molar-refractivity contribution in [2.24, 2.45) is 0 Å². The molecule has 13 heavy (non-hydrogen) atoms. The SMILES string of the molecule is CCCC/C(=C\C(=O)OCC)OC. The summed E-state index contributed by atoms with van der Waals surface area (Å²) in [6.45, 7) is 4.28. The van der Waals surface area contributed by atoms with Crippen LogP contribution in [0, 0.1) is 0 Å². The summed E-state index contributed by atoms with van der Waals surface area (Å²) in [5.74, 6) is 0.371. The number of hydrogen-bond donors (Lipinski definition) is 0. The molecule has 0 heterocycles. The highest BCUT2D eigenvalue weighted by Crippen LogP contribution is 2.07. The molecule has 0 aliphatic carbocycles. The molecule has 0 aromatic carbocycles. The average molecular weight is 186 g/mol. The quantitative estimate of drug-likeness (QED) is 0.362. The molecule has 3 nitrogen and oxygen atoms in total. The Morgan fingerprint density at radius 3 is 2.54 bits per heavy atom. The first-order valence-electron chi connectivity index (χ1n) is 4.65. The topological polar surface area (TPSA) is 35.5 Å². The summed E-state index contributed by atoms with van der Waals surface area (Å²) in [7, 11) is 1.57. The minimum Gasteiger partial charge on any atom is -0.501 e. The Kier molecular flexibility index (Phi) is 7.07. The number of hydrogen-bond acceptors (Lipinski definition) is 3. The van der Waals surface area contributed by atoms with E-state index >= 15 is 0 Å². The van der Waals surface area contributed by atoms with Crippen LogP contribution in [0.2, 0.25) is 0 Å². The second-order valence-corrected chi connectivity index (χ2v) is 2.67. The maximum absolute atomic E-state index is 11.0. The fraction of sp³-hybridized carbons (Fsp3) is 0.700. The number of ether oxygens (including phenoxy) is 2. The molecule has 3 heteroatoms. The summed E-state index contributed by atoms with van der Waals surface area (Å²) in [6.07, 6.45) is 4.33. The molecule has 0 N–H and O–H groups in total. The third kappa shape index (κ3) is 6.20. The van der Waals surface area contributed by atoms with E-state index in [0.717, 1.165) is 19.3 Å². The van der Waals surface area contributed by atoms with Gasteiger partial charge in [-0.1, -0.05) is 13.3 Å². The molecule has 0 spiro atoms. The van der Waals surface area contributed by atoms with E-state index in [0.29, 0.717) is 12.4 Å². The lowest BCUT2D eigenvalue weighted by atomic mass is 10.2. The van der Waals surface area contributed by atoms with Crippen LogP contribution < -0.4 is 0 Å². The third-order valence-corrected chi connectivity index (χ3v) is 1.60. The number of unbranched alkanes of at least 4 members (excludes halogenated alkanes) is 1. The fourth-order valence-electron chi connectivity index (χ4n) is 0.900. The molecule has 0 amide bonds. The Balaban J connectivity index is 3.96. The Bertz CT molecular complexity index is 173. The number of carbonyl (C=O) groups excluding carboxylic acids is 1. The van der Waals surface area contributed by atoms with Gasteiger partial charge in [-0.3, -0.25) is 0 Å². The number of allylic oxidation sites excluding steroid dienone is 1. The number of esters is 1. The van der Waals surface area contributed by atoms with Gasteiger partial charge in [-0.15, -0.1) is 0 Å². The smallest absolute Gasteiger partial charge is 0.334 e. The highest BCUT2D eigenvalue weighted by molar-refractivity contribution is 5.82. The Labute approximate surface area is 79.7 Å². The molecule has 0 aliphatic heterocycles. The summed E-state index contributed by atoms with van der Waals surface area (Å²) < 4.78 is 9.79. The highest BCUT2D eigenvalue weighted by Gasteiger charge is 2.01. The van der Waals surface area contributed by atoms with E-state index in [1.165, 1.54) is 6.08 Å². The van der Waals surface area contributed by atoms with Crippen molar-refractivity contribution in [1.29, 1.82) is 0 Å². The van der Waals surface area contributed by atoms with Crippen LogP contribution in [0.15, 0.2) is 11.8 Å². The molecular formula is C10H18O3. The lowest BCUT2D eigenvalue weighted by Crippen LogP contribution is -2.02. The Hall–Kier alpha value is -0.990. The van der Waals surface area contributed by atoms with Gasteiger partial charge in [-0.05, 0) is 13.3 Å². The van der Waals surface area contributed by atoms with E-state index in [4.69, 9.17) is 9.47 Å². The third-order valence-electron chi connectivity index (χ3n) is 1.60.